The number of methoxy groups -OCH3 is 1. The third-order valence-corrected chi connectivity index (χ3v) is 2.39. The summed E-state index contributed by atoms with van der Waals surface area (Å²) in [4.78, 5) is 7.93. The third-order valence-electron chi connectivity index (χ3n) is 2.39. The molecule has 2 heterocycles. The number of rotatable bonds is 2. The highest BCUT2D eigenvalue weighted by Gasteiger charge is 2.08. The minimum atomic E-state index is 0.0984. The molecule has 0 bridgehead atoms. The van der Waals surface area contributed by atoms with Crippen LogP contribution in [0.15, 0.2) is 6.33 Å². The van der Waals surface area contributed by atoms with Crippen LogP contribution in [0.3, 0.4) is 0 Å². The zero-order valence-corrected chi connectivity index (χ0v) is 9.69. The maximum atomic E-state index is 5.76. The van der Waals surface area contributed by atoms with E-state index in [1.165, 1.54) is 6.33 Å². The summed E-state index contributed by atoms with van der Waals surface area (Å²) in [6.07, 6.45) is 2.12. The van der Waals surface area contributed by atoms with Crippen molar-refractivity contribution in [1.29, 1.82) is 0 Å². The fourth-order valence-corrected chi connectivity index (χ4v) is 1.33. The highest BCUT2D eigenvalue weighted by molar-refractivity contribution is 5.89. The van der Waals surface area contributed by atoms with Gasteiger partial charge in [-0.2, -0.15) is 5.10 Å². The molecule has 1 atom stereocenters. The highest BCUT2D eigenvalue weighted by atomic mass is 16.5. The maximum Gasteiger partial charge on any atom is 0.162 e. The number of aromatic nitrogens is 4. The van der Waals surface area contributed by atoms with Gasteiger partial charge < -0.3 is 10.5 Å². The molecule has 0 amide bonds. The predicted molar refractivity (Wildman–Crippen MR) is 64.1 cm³/mol. The normalized spacial score (nSPS) is 12.1. The first-order chi connectivity index (χ1) is 8.22. The maximum absolute atomic E-state index is 5.76. The zero-order chi connectivity index (χ0) is 12.3. The van der Waals surface area contributed by atoms with Crippen LogP contribution in [0.5, 0.6) is 0 Å². The molecule has 2 aromatic rings. The van der Waals surface area contributed by atoms with Gasteiger partial charge in [-0.1, -0.05) is 5.92 Å². The third kappa shape index (κ3) is 2.34. The number of aromatic amines is 1. The van der Waals surface area contributed by atoms with Crippen molar-refractivity contribution in [3.05, 3.63) is 12.0 Å². The molecule has 6 heteroatoms. The Morgan fingerprint density at radius 2 is 2.35 bits per heavy atom. The Kier molecular flexibility index (Phi) is 3.21. The van der Waals surface area contributed by atoms with Gasteiger partial charge in [-0.05, 0) is 12.8 Å². The number of anilines is 1. The topological polar surface area (TPSA) is 89.7 Å². The second-order valence-electron chi connectivity index (χ2n) is 3.61. The van der Waals surface area contributed by atoms with Gasteiger partial charge in [0.15, 0.2) is 5.65 Å². The number of nitrogens with zero attached hydrogens (tertiary/aromatic N) is 3. The first kappa shape index (κ1) is 11.4. The summed E-state index contributed by atoms with van der Waals surface area (Å²) in [5, 5.41) is 7.49. The average molecular weight is 231 g/mol. The van der Waals surface area contributed by atoms with Gasteiger partial charge in [0.25, 0.3) is 0 Å². The molecule has 0 aliphatic rings. The monoisotopic (exact) mass is 231 g/mol. The number of nitrogens with one attached hydrogen (secondary N) is 1. The van der Waals surface area contributed by atoms with Gasteiger partial charge in [0.1, 0.15) is 17.8 Å². The van der Waals surface area contributed by atoms with Crippen LogP contribution >= 0.6 is 0 Å². The summed E-state index contributed by atoms with van der Waals surface area (Å²) in [5.74, 6) is 6.31. The van der Waals surface area contributed by atoms with Crippen molar-refractivity contribution in [2.24, 2.45) is 0 Å². The van der Waals surface area contributed by atoms with Crippen molar-refractivity contribution in [3.8, 4) is 11.8 Å². The van der Waals surface area contributed by atoms with E-state index in [2.05, 4.69) is 32.0 Å². The SMILES string of the molecule is COC(C)CC#Cc1n[nH]c2ncnc(N)c12. The Morgan fingerprint density at radius 3 is 3.12 bits per heavy atom. The molecule has 6 nitrogen and oxygen atoms in total. The first-order valence-corrected chi connectivity index (χ1v) is 5.18. The van der Waals surface area contributed by atoms with Gasteiger partial charge >= 0.3 is 0 Å². The Hall–Kier alpha value is -2.13. The van der Waals surface area contributed by atoms with E-state index in [4.69, 9.17) is 10.5 Å². The molecule has 1 unspecified atom stereocenters. The van der Waals surface area contributed by atoms with E-state index in [1.807, 2.05) is 6.92 Å². The van der Waals surface area contributed by atoms with Gasteiger partial charge in [0.05, 0.1) is 11.5 Å². The van der Waals surface area contributed by atoms with Gasteiger partial charge in [-0.25, -0.2) is 9.97 Å². The molecular formula is C11H13N5O. The van der Waals surface area contributed by atoms with Crippen LogP contribution in [-0.2, 0) is 4.74 Å². The van der Waals surface area contributed by atoms with E-state index < -0.39 is 0 Å². The van der Waals surface area contributed by atoms with Crippen LogP contribution in [0.1, 0.15) is 19.0 Å². The van der Waals surface area contributed by atoms with Crippen molar-refractivity contribution >= 4 is 16.9 Å². The van der Waals surface area contributed by atoms with Crippen LogP contribution in [0.25, 0.3) is 11.0 Å². The van der Waals surface area contributed by atoms with Crippen molar-refractivity contribution in [2.75, 3.05) is 12.8 Å². The van der Waals surface area contributed by atoms with Crippen molar-refractivity contribution in [3.63, 3.8) is 0 Å². The standard InChI is InChI=1S/C11H13N5O/c1-7(17-2)4-3-5-8-9-10(12)13-6-14-11(9)16-15-8/h6-7H,4H2,1-2H3,(H3,12,13,14,15,16). The highest BCUT2D eigenvalue weighted by Crippen LogP contribution is 2.17. The molecule has 0 fully saturated rings. The summed E-state index contributed by atoms with van der Waals surface area (Å²) < 4.78 is 5.10. The smallest absolute Gasteiger partial charge is 0.162 e. The summed E-state index contributed by atoms with van der Waals surface area (Å²) in [5.41, 5.74) is 6.93. The average Bonchev–Trinajstić information content (AvgIpc) is 2.74. The molecule has 88 valence electrons. The molecular weight excluding hydrogens is 218 g/mol. The lowest BCUT2D eigenvalue weighted by Crippen LogP contribution is -2.02. The molecule has 0 saturated carbocycles. The number of hydrogen-bond acceptors (Lipinski definition) is 5. The van der Waals surface area contributed by atoms with Crippen molar-refractivity contribution in [1.82, 2.24) is 20.2 Å². The van der Waals surface area contributed by atoms with E-state index in [0.29, 0.717) is 29.0 Å². The van der Waals surface area contributed by atoms with Crippen LogP contribution in [0.4, 0.5) is 5.82 Å². The lowest BCUT2D eigenvalue weighted by Gasteiger charge is -2.01. The van der Waals surface area contributed by atoms with Crippen molar-refractivity contribution in [2.45, 2.75) is 19.4 Å². The van der Waals surface area contributed by atoms with E-state index in [9.17, 15) is 0 Å². The number of hydrogen-bond donors (Lipinski definition) is 2. The number of nitrogens with two attached hydrogens (primary N) is 1. The first-order valence-electron chi connectivity index (χ1n) is 5.18. The molecule has 0 aliphatic carbocycles. The minimum Gasteiger partial charge on any atom is -0.383 e. The van der Waals surface area contributed by atoms with Crippen LogP contribution in [0.2, 0.25) is 0 Å². The zero-order valence-electron chi connectivity index (χ0n) is 9.69. The summed E-state index contributed by atoms with van der Waals surface area (Å²) in [6, 6.07) is 0. The molecule has 2 rings (SSSR count). The van der Waals surface area contributed by atoms with E-state index >= 15 is 0 Å². The van der Waals surface area contributed by atoms with Crippen LogP contribution in [0, 0.1) is 11.8 Å². The summed E-state index contributed by atoms with van der Waals surface area (Å²) >= 11 is 0. The number of nitrogen functional groups attached to an aromatic ring is 1. The number of ether oxygens (including phenoxy) is 1. The van der Waals surface area contributed by atoms with Gasteiger partial charge in [0, 0.05) is 13.5 Å². The molecule has 0 spiro atoms. The van der Waals surface area contributed by atoms with Gasteiger partial charge in [-0.3, -0.25) is 5.10 Å². The Bertz CT molecular complexity index is 580. The predicted octanol–water partition coefficient (Wildman–Crippen LogP) is 0.712. The van der Waals surface area contributed by atoms with E-state index in [-0.39, 0.29) is 6.10 Å². The quantitative estimate of drug-likeness (QED) is 0.743. The van der Waals surface area contributed by atoms with Crippen molar-refractivity contribution < 1.29 is 4.74 Å². The molecule has 0 aliphatic heterocycles. The van der Waals surface area contributed by atoms with Gasteiger partial charge in [-0.15, -0.1) is 0 Å². The number of H-pyrrole nitrogens is 1. The van der Waals surface area contributed by atoms with Crippen LogP contribution in [-0.4, -0.2) is 33.4 Å². The lowest BCUT2D eigenvalue weighted by molar-refractivity contribution is 0.123. The molecule has 0 saturated heterocycles. The number of fused-ring (bicyclic) bond motifs is 1. The molecule has 0 radical (unpaired) electrons. The minimum absolute atomic E-state index is 0.0984. The van der Waals surface area contributed by atoms with E-state index in [1.54, 1.807) is 7.11 Å². The molecule has 17 heavy (non-hydrogen) atoms. The fourth-order valence-electron chi connectivity index (χ4n) is 1.33. The molecule has 2 aromatic heterocycles. The summed E-state index contributed by atoms with van der Waals surface area (Å²) in [7, 11) is 1.65. The largest absolute Gasteiger partial charge is 0.383 e. The second kappa shape index (κ2) is 4.80. The molecule has 3 N–H and O–H groups in total. The van der Waals surface area contributed by atoms with E-state index in [0.717, 1.165) is 0 Å². The van der Waals surface area contributed by atoms with Gasteiger partial charge in [0.2, 0.25) is 0 Å². The molecule has 0 aromatic carbocycles. The van der Waals surface area contributed by atoms with Crippen LogP contribution < -0.4 is 5.73 Å². The second-order valence-corrected chi connectivity index (χ2v) is 3.61. The Morgan fingerprint density at radius 1 is 1.53 bits per heavy atom. The Balaban J connectivity index is 2.30. The lowest BCUT2D eigenvalue weighted by atomic mass is 10.2. The summed E-state index contributed by atoms with van der Waals surface area (Å²) in [6.45, 7) is 1.95. The Labute approximate surface area is 98.6 Å². The fraction of sp³-hybridized carbons (Fsp3) is 0.364.